The van der Waals surface area contributed by atoms with E-state index in [1.165, 1.54) is 51.4 Å². The van der Waals surface area contributed by atoms with Gasteiger partial charge in [-0.25, -0.2) is 4.57 Å². The molecule has 0 amide bonds. The van der Waals surface area contributed by atoms with E-state index in [2.05, 4.69) is 6.92 Å². The van der Waals surface area contributed by atoms with Crippen molar-refractivity contribution in [2.75, 3.05) is 47.3 Å². The monoisotopic (exact) mass is 603 g/mol. The van der Waals surface area contributed by atoms with Gasteiger partial charge in [0, 0.05) is 19.3 Å². The standard InChI is InChI=1S/C29H56NO9P/c1-5-6-7-8-9-10-11-12-13-14-15-16-17-20-28(32)36-25-27(39-29(33)21-18-19-23-31)26-38-40(34,35)37-24-22-30(2,3)4/h23,27H,5-22,24-26H2,1-4H3/p+1/t27-/m1/s1/i2D3,3D3,4D3. The van der Waals surface area contributed by atoms with Crippen LogP contribution in [0.5, 0.6) is 0 Å². The fourth-order valence-corrected chi connectivity index (χ4v) is 4.49. The third kappa shape index (κ3) is 26.9. The first-order valence-electron chi connectivity index (χ1n) is 19.0. The Kier molecular flexibility index (Phi) is 15.3. The predicted octanol–water partition coefficient (Wildman–Crippen LogP) is 6.13. The van der Waals surface area contributed by atoms with Gasteiger partial charge in [0.25, 0.3) is 0 Å². The van der Waals surface area contributed by atoms with Crippen molar-refractivity contribution in [1.29, 1.82) is 0 Å². The molecule has 236 valence electrons. The molecule has 0 fully saturated rings. The van der Waals surface area contributed by atoms with Crippen LogP contribution < -0.4 is 0 Å². The number of quaternary nitrogens is 1. The number of phosphoric acid groups is 1. The first-order chi connectivity index (χ1) is 22.7. The van der Waals surface area contributed by atoms with E-state index in [0.717, 1.165) is 25.7 Å². The molecule has 2 atom stereocenters. The van der Waals surface area contributed by atoms with Crippen molar-refractivity contribution >= 4 is 26.0 Å². The summed E-state index contributed by atoms with van der Waals surface area (Å²) in [6.45, 7) is -12.3. The molecule has 0 aliphatic carbocycles. The SMILES string of the molecule is [2H]C([2H])([2H])[N+](CCOP(=O)(O)OC[C@@H](COC(=O)CCCCCCCCCCCCCCC)OC(=O)CCCC=O)(C([2H])([2H])[2H])C([2H])([2H])[2H]. The summed E-state index contributed by atoms with van der Waals surface area (Å²) in [4.78, 5) is 45.2. The van der Waals surface area contributed by atoms with Gasteiger partial charge in [-0.1, -0.05) is 84.0 Å². The summed E-state index contributed by atoms with van der Waals surface area (Å²) in [5, 5.41) is 0. The van der Waals surface area contributed by atoms with Crippen molar-refractivity contribution in [2.45, 2.75) is 122 Å². The molecule has 11 heteroatoms. The zero-order valence-corrected chi connectivity index (χ0v) is 25.0. The van der Waals surface area contributed by atoms with E-state index in [4.69, 9.17) is 30.9 Å². The van der Waals surface area contributed by atoms with Gasteiger partial charge in [-0.2, -0.15) is 0 Å². The van der Waals surface area contributed by atoms with Crippen LogP contribution in [0.15, 0.2) is 0 Å². The molecule has 0 saturated carbocycles. The molecule has 40 heavy (non-hydrogen) atoms. The number of likely N-dealkylation sites (N-methyl/N-ethyl adjacent to an activating group) is 1. The maximum Gasteiger partial charge on any atom is 0.472 e. The van der Waals surface area contributed by atoms with E-state index >= 15 is 0 Å². The topological polar surface area (TPSA) is 125 Å². The zero-order valence-electron chi connectivity index (χ0n) is 33.1. The Balaban J connectivity index is 4.91. The molecule has 0 aliphatic heterocycles. The van der Waals surface area contributed by atoms with Gasteiger partial charge in [0.15, 0.2) is 6.10 Å². The van der Waals surface area contributed by atoms with Gasteiger partial charge in [0.1, 0.15) is 26.0 Å². The lowest BCUT2D eigenvalue weighted by Gasteiger charge is -2.24. The van der Waals surface area contributed by atoms with Crippen molar-refractivity contribution in [3.8, 4) is 0 Å². The van der Waals surface area contributed by atoms with Crippen LogP contribution >= 0.6 is 7.82 Å². The minimum absolute atomic E-state index is 0.0901. The average molecular weight is 604 g/mol. The average Bonchev–Trinajstić information content (AvgIpc) is 2.97. The van der Waals surface area contributed by atoms with Gasteiger partial charge in [-0.15, -0.1) is 0 Å². The van der Waals surface area contributed by atoms with E-state index in [0.29, 0.717) is 12.7 Å². The molecule has 0 aromatic heterocycles. The van der Waals surface area contributed by atoms with Crippen LogP contribution in [0.4, 0.5) is 0 Å². The highest BCUT2D eigenvalue weighted by Gasteiger charge is 2.27. The molecule has 0 aromatic rings. The van der Waals surface area contributed by atoms with Crippen molar-refractivity contribution in [3.05, 3.63) is 0 Å². The zero-order chi connectivity index (χ0) is 37.6. The number of esters is 2. The second-order valence-corrected chi connectivity index (χ2v) is 11.4. The maximum absolute atomic E-state index is 12.5. The molecular formula is C29H57NO9P+. The smallest absolute Gasteiger partial charge is 0.462 e. The predicted molar refractivity (Wildman–Crippen MR) is 156 cm³/mol. The molecule has 1 unspecified atom stereocenters. The second-order valence-electron chi connectivity index (χ2n) is 9.98. The van der Waals surface area contributed by atoms with Crippen molar-refractivity contribution in [2.24, 2.45) is 0 Å². The fraction of sp³-hybridized carbons (Fsp3) is 0.897. The molecule has 10 nitrogen and oxygen atoms in total. The summed E-state index contributed by atoms with van der Waals surface area (Å²) in [6.07, 6.45) is 14.2. The summed E-state index contributed by atoms with van der Waals surface area (Å²) in [5.41, 5.74) is 0. The van der Waals surface area contributed by atoms with Crippen LogP contribution in [-0.2, 0) is 37.5 Å². The highest BCUT2D eigenvalue weighted by Crippen LogP contribution is 2.43. The van der Waals surface area contributed by atoms with E-state index < -0.39 is 77.6 Å². The lowest BCUT2D eigenvalue weighted by Crippen LogP contribution is -2.37. The van der Waals surface area contributed by atoms with Crippen LogP contribution in [0.3, 0.4) is 0 Å². The molecule has 0 rings (SSSR count). The summed E-state index contributed by atoms with van der Waals surface area (Å²) >= 11 is 0. The number of nitrogens with zero attached hydrogens (tertiary/aromatic N) is 1. The first-order valence-corrected chi connectivity index (χ1v) is 16.0. The maximum atomic E-state index is 12.5. The molecule has 0 spiro atoms. The Morgan fingerprint density at radius 1 is 0.825 bits per heavy atom. The van der Waals surface area contributed by atoms with Gasteiger partial charge < -0.3 is 23.6 Å². The van der Waals surface area contributed by atoms with Crippen LogP contribution in [0, 0.1) is 0 Å². The molecular weight excluding hydrogens is 537 g/mol. The molecule has 0 radical (unpaired) electrons. The lowest BCUT2D eigenvalue weighted by molar-refractivity contribution is -0.870. The van der Waals surface area contributed by atoms with E-state index in [1.54, 1.807) is 0 Å². The summed E-state index contributed by atoms with van der Waals surface area (Å²) in [5.74, 6) is -1.38. The van der Waals surface area contributed by atoms with Gasteiger partial charge in [-0.05, 0) is 12.8 Å². The number of aldehydes is 1. The number of unbranched alkanes of at least 4 members (excludes halogenated alkanes) is 13. The van der Waals surface area contributed by atoms with E-state index in [1.807, 2.05) is 0 Å². The van der Waals surface area contributed by atoms with Crippen LogP contribution in [0.25, 0.3) is 0 Å². The normalized spacial score (nSPS) is 18.2. The molecule has 0 bridgehead atoms. The molecule has 0 aliphatic rings. The minimum Gasteiger partial charge on any atom is -0.462 e. The van der Waals surface area contributed by atoms with Crippen molar-refractivity contribution in [1.82, 2.24) is 0 Å². The van der Waals surface area contributed by atoms with Gasteiger partial charge in [-0.3, -0.25) is 18.6 Å². The third-order valence-corrected chi connectivity index (χ3v) is 7.00. The Morgan fingerprint density at radius 3 is 1.93 bits per heavy atom. The number of hydrogen-bond donors (Lipinski definition) is 1. The Labute approximate surface area is 255 Å². The summed E-state index contributed by atoms with van der Waals surface area (Å²) in [6, 6.07) is 0. The Hall–Kier alpha value is -1.32. The van der Waals surface area contributed by atoms with Crippen molar-refractivity contribution < 1.29 is 59.2 Å². The molecule has 0 saturated heterocycles. The van der Waals surface area contributed by atoms with E-state index in [-0.39, 0.29) is 25.7 Å². The van der Waals surface area contributed by atoms with Crippen molar-refractivity contribution in [3.63, 3.8) is 0 Å². The van der Waals surface area contributed by atoms with Crippen LogP contribution in [0.1, 0.15) is 128 Å². The number of hydrogen-bond acceptors (Lipinski definition) is 8. The highest BCUT2D eigenvalue weighted by atomic mass is 31.2. The van der Waals surface area contributed by atoms with Gasteiger partial charge in [0.05, 0.1) is 39.9 Å². The largest absolute Gasteiger partial charge is 0.472 e. The van der Waals surface area contributed by atoms with Gasteiger partial charge in [0.2, 0.25) is 0 Å². The molecule has 0 heterocycles. The summed E-state index contributed by atoms with van der Waals surface area (Å²) in [7, 11) is -5.09. The van der Waals surface area contributed by atoms with Crippen LogP contribution in [-0.4, -0.2) is 81.0 Å². The van der Waals surface area contributed by atoms with Crippen LogP contribution in [0.2, 0.25) is 0 Å². The molecule has 1 N–H and O–H groups in total. The minimum atomic E-state index is -5.09. The van der Waals surface area contributed by atoms with E-state index in [9.17, 15) is 23.8 Å². The number of rotatable bonds is 28. The Morgan fingerprint density at radius 2 is 1.38 bits per heavy atom. The highest BCUT2D eigenvalue weighted by molar-refractivity contribution is 7.47. The second kappa shape index (κ2) is 24.3. The quantitative estimate of drug-likeness (QED) is 0.0369. The Bertz CT molecular complexity index is 960. The number of carbonyl (C=O) groups excluding carboxylic acids is 3. The first kappa shape index (κ1) is 25.2. The number of carbonyl (C=O) groups is 3. The summed E-state index contributed by atoms with van der Waals surface area (Å²) < 4.78 is 98.5. The molecule has 0 aromatic carbocycles. The van der Waals surface area contributed by atoms with Gasteiger partial charge >= 0.3 is 19.8 Å². The number of ether oxygens (including phenoxy) is 2. The fourth-order valence-electron chi connectivity index (χ4n) is 3.74. The number of phosphoric ester groups is 1. The third-order valence-electron chi connectivity index (χ3n) is 6.02. The lowest BCUT2D eigenvalue weighted by atomic mass is 10.0.